The van der Waals surface area contributed by atoms with Gasteiger partial charge in [0, 0.05) is 23.8 Å². The zero-order valence-electron chi connectivity index (χ0n) is 21.0. The Bertz CT molecular complexity index is 1570. The van der Waals surface area contributed by atoms with Gasteiger partial charge in [0.1, 0.15) is 11.9 Å². The van der Waals surface area contributed by atoms with E-state index in [2.05, 4.69) is 24.2 Å². The molecular weight excluding hydrogens is 484 g/mol. The summed E-state index contributed by atoms with van der Waals surface area (Å²) in [6.45, 7) is 4.55. The third-order valence-corrected chi connectivity index (χ3v) is 7.93. The molecule has 5 rings (SSSR count). The molecule has 2 atom stereocenters. The molecule has 2 aromatic heterocycles. The van der Waals surface area contributed by atoms with Gasteiger partial charge in [-0.05, 0) is 59.3 Å². The maximum absolute atomic E-state index is 11.6. The number of aliphatic hydroxyl groups excluding tert-OH is 1. The van der Waals surface area contributed by atoms with Gasteiger partial charge in [-0.2, -0.15) is 0 Å². The Hall–Kier alpha value is -3.65. The minimum Gasteiger partial charge on any atom is -0.485 e. The van der Waals surface area contributed by atoms with E-state index in [4.69, 9.17) is 14.5 Å². The average molecular weight is 513 g/mol. The van der Waals surface area contributed by atoms with Crippen LogP contribution in [-0.4, -0.2) is 23.8 Å². The van der Waals surface area contributed by atoms with E-state index < -0.39 is 6.23 Å². The van der Waals surface area contributed by atoms with Crippen LogP contribution in [0.1, 0.15) is 41.0 Å². The van der Waals surface area contributed by atoms with Crippen LogP contribution in [0.5, 0.6) is 5.75 Å². The van der Waals surface area contributed by atoms with Crippen LogP contribution in [0, 0.1) is 18.8 Å². The Morgan fingerprint density at radius 3 is 2.51 bits per heavy atom. The number of nitrogens with zero attached hydrogens (tertiary/aromatic N) is 2. The molecule has 0 spiro atoms. The van der Waals surface area contributed by atoms with Gasteiger partial charge in [-0.3, -0.25) is 0 Å². The van der Waals surface area contributed by atoms with Crippen molar-refractivity contribution in [2.75, 3.05) is 13.7 Å². The van der Waals surface area contributed by atoms with Crippen molar-refractivity contribution in [1.29, 1.82) is 0 Å². The van der Waals surface area contributed by atoms with E-state index in [0.717, 1.165) is 31.7 Å². The topological polar surface area (TPSA) is 81.0 Å². The molecule has 0 amide bonds. The van der Waals surface area contributed by atoms with Gasteiger partial charge in [-0.15, -0.1) is 16.2 Å². The molecular formula is C30H28N2O4S. The Morgan fingerprint density at radius 2 is 1.78 bits per heavy atom. The highest BCUT2D eigenvalue weighted by atomic mass is 32.1. The highest BCUT2D eigenvalue weighted by molar-refractivity contribution is 7.22. The monoisotopic (exact) mass is 512 g/mol. The van der Waals surface area contributed by atoms with Crippen LogP contribution in [0.25, 0.3) is 31.6 Å². The number of hydrogen-bond donors (Lipinski definition) is 1. The minimum atomic E-state index is -1.56. The van der Waals surface area contributed by atoms with Gasteiger partial charge in [0.2, 0.25) is 6.23 Å². The molecule has 7 heteroatoms. The highest BCUT2D eigenvalue weighted by Gasteiger charge is 2.23. The second-order valence-corrected chi connectivity index (χ2v) is 10.1. The number of pyridine rings is 1. The van der Waals surface area contributed by atoms with Gasteiger partial charge in [-0.1, -0.05) is 54.6 Å². The molecule has 0 aliphatic rings. The molecule has 3 aromatic carbocycles. The van der Waals surface area contributed by atoms with Gasteiger partial charge in [0.05, 0.1) is 28.1 Å². The molecule has 1 N–H and O–H groups in total. The van der Waals surface area contributed by atoms with Gasteiger partial charge in [0.25, 0.3) is 0 Å². The third-order valence-electron chi connectivity index (χ3n) is 6.63. The van der Waals surface area contributed by atoms with Crippen LogP contribution in [0.2, 0.25) is 0 Å². The molecule has 37 heavy (non-hydrogen) atoms. The fourth-order valence-corrected chi connectivity index (χ4v) is 5.87. The fourth-order valence-electron chi connectivity index (χ4n) is 4.71. The summed E-state index contributed by atoms with van der Waals surface area (Å²) in [6, 6.07) is 23.7. The van der Waals surface area contributed by atoms with Crippen molar-refractivity contribution in [3.8, 4) is 16.3 Å². The van der Waals surface area contributed by atoms with Crippen LogP contribution in [0.15, 0.2) is 78.0 Å². The smallest absolute Gasteiger partial charge is 0.214 e. The van der Waals surface area contributed by atoms with Crippen LogP contribution in [0.3, 0.4) is 0 Å². The van der Waals surface area contributed by atoms with Crippen molar-refractivity contribution in [3.63, 3.8) is 0 Å². The molecule has 188 valence electrons. The maximum atomic E-state index is 11.6. The van der Waals surface area contributed by atoms with Gasteiger partial charge >= 0.3 is 0 Å². The predicted molar refractivity (Wildman–Crippen MR) is 149 cm³/mol. The molecule has 2 heterocycles. The first-order valence-electron chi connectivity index (χ1n) is 12.2. The second kappa shape index (κ2) is 10.8. The first kappa shape index (κ1) is 25.0. The normalized spacial score (nSPS) is 13.1. The molecule has 0 bridgehead atoms. The Balaban J connectivity index is 1.69. The number of aromatic nitrogens is 1. The summed E-state index contributed by atoms with van der Waals surface area (Å²) in [6.07, 6.45) is -1.21. The number of fused-ring (bicyclic) bond motifs is 2. The first-order valence-corrected chi connectivity index (χ1v) is 13.0. The molecule has 1 unspecified atom stereocenters. The minimum absolute atomic E-state index is 0.286. The zero-order chi connectivity index (χ0) is 25.9. The summed E-state index contributed by atoms with van der Waals surface area (Å²) in [5.41, 5.74) is 4.78. The summed E-state index contributed by atoms with van der Waals surface area (Å²) in [4.78, 5) is 17.6. The van der Waals surface area contributed by atoms with Crippen LogP contribution >= 0.6 is 11.3 Å². The SMILES string of the molecule is COCC[C@H](Oc1ccc(C)c2nc(-c3sc4ccccc4c3C)cc(C(O)N=O)c12)c1ccccc1. The largest absolute Gasteiger partial charge is 0.485 e. The van der Waals surface area contributed by atoms with Gasteiger partial charge in [-0.25, -0.2) is 4.98 Å². The number of hydrogen-bond acceptors (Lipinski definition) is 7. The second-order valence-electron chi connectivity index (χ2n) is 9.03. The summed E-state index contributed by atoms with van der Waals surface area (Å²) in [5.74, 6) is 0.537. The van der Waals surface area contributed by atoms with Crippen LogP contribution in [-0.2, 0) is 4.74 Å². The number of aliphatic hydroxyl groups is 1. The summed E-state index contributed by atoms with van der Waals surface area (Å²) in [7, 11) is 1.66. The molecule has 5 aromatic rings. The van der Waals surface area contributed by atoms with Crippen molar-refractivity contribution >= 4 is 32.3 Å². The number of benzene rings is 3. The van der Waals surface area contributed by atoms with Gasteiger partial charge < -0.3 is 14.6 Å². The quantitative estimate of drug-likeness (QED) is 0.205. The molecule has 0 saturated carbocycles. The lowest BCUT2D eigenvalue weighted by molar-refractivity contribution is 0.127. The molecule has 0 aliphatic heterocycles. The highest BCUT2D eigenvalue weighted by Crippen LogP contribution is 2.42. The summed E-state index contributed by atoms with van der Waals surface area (Å²) >= 11 is 1.64. The van der Waals surface area contributed by atoms with Crippen molar-refractivity contribution in [3.05, 3.63) is 100.0 Å². The molecule has 0 aliphatic carbocycles. The lowest BCUT2D eigenvalue weighted by atomic mass is 10.0. The van der Waals surface area contributed by atoms with E-state index in [-0.39, 0.29) is 6.10 Å². The fraction of sp³-hybridized carbons (Fsp3) is 0.233. The standard InChI is InChI=1S/C30H28N2O4S/c1-18-13-14-25(36-24(15-16-35-3)20-9-5-4-6-10-20)27-22(30(33)32-34)17-23(31-28(18)27)29-19(2)21-11-7-8-12-26(21)37-29/h4-14,17,24,30,33H,15-16H2,1-3H3/t24-,30?/m0/s1. The number of ether oxygens (including phenoxy) is 2. The van der Waals surface area contributed by atoms with Crippen LogP contribution < -0.4 is 4.74 Å². The zero-order valence-corrected chi connectivity index (χ0v) is 21.8. The lowest BCUT2D eigenvalue weighted by Gasteiger charge is -2.22. The summed E-state index contributed by atoms with van der Waals surface area (Å²) in [5, 5.41) is 15.5. The number of rotatable bonds is 9. The number of aryl methyl sites for hydroxylation is 2. The predicted octanol–water partition coefficient (Wildman–Crippen LogP) is 7.65. The Morgan fingerprint density at radius 1 is 1.03 bits per heavy atom. The van der Waals surface area contributed by atoms with E-state index >= 15 is 0 Å². The number of nitroso groups, excluding NO2 is 1. The van der Waals surface area contributed by atoms with E-state index in [1.807, 2.05) is 61.5 Å². The molecule has 0 radical (unpaired) electrons. The van der Waals surface area contributed by atoms with Crippen LogP contribution in [0.4, 0.5) is 0 Å². The lowest BCUT2D eigenvalue weighted by Crippen LogP contribution is -2.11. The van der Waals surface area contributed by atoms with E-state index in [1.54, 1.807) is 24.5 Å². The third kappa shape index (κ3) is 4.85. The Labute approximate surface area is 219 Å². The van der Waals surface area contributed by atoms with Crippen molar-refractivity contribution in [2.24, 2.45) is 5.18 Å². The molecule has 6 nitrogen and oxygen atoms in total. The Kier molecular flexibility index (Phi) is 7.28. The van der Waals surface area contributed by atoms with Crippen molar-refractivity contribution < 1.29 is 14.6 Å². The number of methoxy groups -OCH3 is 1. The van der Waals surface area contributed by atoms with E-state index in [0.29, 0.717) is 40.9 Å². The van der Waals surface area contributed by atoms with Gasteiger partial charge in [0.15, 0.2) is 0 Å². The molecule has 0 fully saturated rings. The number of thiophene rings is 1. The van der Waals surface area contributed by atoms with Crippen molar-refractivity contribution in [1.82, 2.24) is 4.98 Å². The molecule has 0 saturated heterocycles. The summed E-state index contributed by atoms with van der Waals surface area (Å²) < 4.78 is 13.0. The maximum Gasteiger partial charge on any atom is 0.214 e. The first-order chi connectivity index (χ1) is 18.0. The van der Waals surface area contributed by atoms with E-state index in [1.165, 1.54) is 0 Å². The average Bonchev–Trinajstić information content (AvgIpc) is 3.28. The van der Waals surface area contributed by atoms with E-state index in [9.17, 15) is 10.0 Å². The van der Waals surface area contributed by atoms with Crippen molar-refractivity contribution in [2.45, 2.75) is 32.6 Å².